The molecule has 0 spiro atoms. The van der Waals surface area contributed by atoms with Crippen molar-refractivity contribution in [1.29, 1.82) is 0 Å². The first-order valence-electron chi connectivity index (χ1n) is 7.48. The molecule has 0 aromatic heterocycles. The summed E-state index contributed by atoms with van der Waals surface area (Å²) in [4.78, 5) is 14.7. The Morgan fingerprint density at radius 3 is 2.61 bits per heavy atom. The minimum Gasteiger partial charge on any atom is -0.336 e. The summed E-state index contributed by atoms with van der Waals surface area (Å²) in [5.41, 5.74) is 7.43. The van der Waals surface area contributed by atoms with E-state index in [0.29, 0.717) is 30.5 Å². The number of piperidine rings is 1. The van der Waals surface area contributed by atoms with Gasteiger partial charge in [0.05, 0.1) is 0 Å². The molecule has 3 heteroatoms. The Balaban J connectivity index is 1.64. The molecule has 3 aliphatic rings. The molecule has 0 aromatic rings. The monoisotopic (exact) mass is 248 g/mol. The van der Waals surface area contributed by atoms with Gasteiger partial charge in [0.2, 0.25) is 5.91 Å². The van der Waals surface area contributed by atoms with Crippen molar-refractivity contribution in [2.45, 2.75) is 75.9 Å². The van der Waals surface area contributed by atoms with E-state index in [0.717, 1.165) is 19.3 Å². The molecule has 0 radical (unpaired) electrons. The molecule has 2 saturated heterocycles. The molecule has 18 heavy (non-hydrogen) atoms. The highest BCUT2D eigenvalue weighted by Gasteiger charge is 2.41. The van der Waals surface area contributed by atoms with Crippen LogP contribution in [0.2, 0.25) is 0 Å². The Morgan fingerprint density at radius 2 is 2.00 bits per heavy atom. The molecule has 100 valence electrons. The van der Waals surface area contributed by atoms with E-state index in [2.05, 4.69) is 11.0 Å². The summed E-state index contributed by atoms with van der Waals surface area (Å²) < 4.78 is 0. The first kappa shape index (κ1) is 12.2. The maximum atomic E-state index is 12.5. The van der Waals surface area contributed by atoms with E-state index in [1.807, 2.05) is 0 Å². The molecule has 0 aromatic carbocycles. The van der Waals surface area contributed by atoms with E-state index in [1.54, 1.807) is 0 Å². The number of fused-ring (bicyclic) bond motifs is 2. The summed E-state index contributed by atoms with van der Waals surface area (Å²) in [6.07, 6.45) is 12.2. The lowest BCUT2D eigenvalue weighted by atomic mass is 9.94. The predicted molar refractivity (Wildman–Crippen MR) is 72.0 cm³/mol. The lowest BCUT2D eigenvalue weighted by molar-refractivity contribution is -0.135. The maximum absolute atomic E-state index is 12.5. The fourth-order valence-electron chi connectivity index (χ4n) is 3.98. The number of carbonyl (C=O) groups excluding carboxylic acids is 1. The lowest BCUT2D eigenvalue weighted by Crippen LogP contribution is -2.50. The molecule has 0 saturated carbocycles. The quantitative estimate of drug-likeness (QED) is 0.763. The molecule has 2 fully saturated rings. The minimum atomic E-state index is 0.320. The van der Waals surface area contributed by atoms with Gasteiger partial charge in [-0.3, -0.25) is 4.79 Å². The van der Waals surface area contributed by atoms with Crippen LogP contribution in [0.1, 0.15) is 57.8 Å². The molecule has 2 aliphatic heterocycles. The molecule has 2 unspecified atom stereocenters. The average Bonchev–Trinajstić information content (AvgIpc) is 2.63. The van der Waals surface area contributed by atoms with Crippen LogP contribution in [0.15, 0.2) is 11.6 Å². The largest absolute Gasteiger partial charge is 0.336 e. The van der Waals surface area contributed by atoms with Gasteiger partial charge in [-0.25, -0.2) is 0 Å². The number of rotatable bonds is 2. The van der Waals surface area contributed by atoms with Crippen molar-refractivity contribution in [3.05, 3.63) is 11.6 Å². The highest BCUT2D eigenvalue weighted by atomic mass is 16.2. The van der Waals surface area contributed by atoms with Crippen LogP contribution in [0.4, 0.5) is 0 Å². The molecule has 1 aliphatic carbocycles. The van der Waals surface area contributed by atoms with Crippen LogP contribution in [0.25, 0.3) is 0 Å². The number of hydrogen-bond donors (Lipinski definition) is 1. The van der Waals surface area contributed by atoms with Gasteiger partial charge in [0.25, 0.3) is 0 Å². The number of carbonyl (C=O) groups is 1. The van der Waals surface area contributed by atoms with Gasteiger partial charge < -0.3 is 10.6 Å². The number of nitrogens with two attached hydrogens (primary N) is 1. The summed E-state index contributed by atoms with van der Waals surface area (Å²) >= 11 is 0. The second kappa shape index (κ2) is 5.04. The van der Waals surface area contributed by atoms with Gasteiger partial charge in [-0.05, 0) is 51.4 Å². The summed E-state index contributed by atoms with van der Waals surface area (Å²) in [7, 11) is 0. The third kappa shape index (κ3) is 2.33. The van der Waals surface area contributed by atoms with Gasteiger partial charge in [0.1, 0.15) is 0 Å². The summed E-state index contributed by atoms with van der Waals surface area (Å²) in [5, 5.41) is 0. The highest BCUT2D eigenvalue weighted by molar-refractivity contribution is 5.80. The molecule has 3 nitrogen and oxygen atoms in total. The van der Waals surface area contributed by atoms with Crippen LogP contribution in [0.3, 0.4) is 0 Å². The zero-order chi connectivity index (χ0) is 12.5. The van der Waals surface area contributed by atoms with Crippen LogP contribution in [-0.4, -0.2) is 28.9 Å². The maximum Gasteiger partial charge on any atom is 0.227 e. The fraction of sp³-hybridized carbons (Fsp3) is 0.800. The van der Waals surface area contributed by atoms with Crippen molar-refractivity contribution in [2.24, 2.45) is 5.73 Å². The van der Waals surface area contributed by atoms with E-state index in [-0.39, 0.29) is 0 Å². The second-order valence-corrected chi connectivity index (χ2v) is 6.20. The molecule has 2 atom stereocenters. The zero-order valence-electron chi connectivity index (χ0n) is 11.1. The Labute approximate surface area is 109 Å². The Bertz CT molecular complexity index is 350. The van der Waals surface area contributed by atoms with Crippen molar-refractivity contribution in [3.63, 3.8) is 0 Å². The van der Waals surface area contributed by atoms with Crippen molar-refractivity contribution in [2.75, 3.05) is 0 Å². The van der Waals surface area contributed by atoms with Crippen molar-refractivity contribution >= 4 is 5.91 Å². The lowest BCUT2D eigenvalue weighted by Gasteiger charge is -2.38. The van der Waals surface area contributed by atoms with E-state index in [9.17, 15) is 4.79 Å². The third-order valence-corrected chi connectivity index (χ3v) is 4.82. The Hall–Kier alpha value is -0.830. The topological polar surface area (TPSA) is 46.3 Å². The van der Waals surface area contributed by atoms with Crippen molar-refractivity contribution < 1.29 is 4.79 Å². The van der Waals surface area contributed by atoms with E-state index >= 15 is 0 Å². The first-order valence-corrected chi connectivity index (χ1v) is 7.48. The van der Waals surface area contributed by atoms with Gasteiger partial charge in [0.15, 0.2) is 0 Å². The average molecular weight is 248 g/mol. The number of allylic oxidation sites excluding steroid dienone is 1. The molecule has 2 heterocycles. The predicted octanol–water partition coefficient (Wildman–Crippen LogP) is 2.36. The number of nitrogens with zero attached hydrogens (tertiary/aromatic N) is 1. The van der Waals surface area contributed by atoms with Crippen molar-refractivity contribution in [3.8, 4) is 0 Å². The van der Waals surface area contributed by atoms with Crippen LogP contribution >= 0.6 is 0 Å². The Kier molecular flexibility index (Phi) is 3.42. The van der Waals surface area contributed by atoms with E-state index < -0.39 is 0 Å². The van der Waals surface area contributed by atoms with Crippen LogP contribution in [0.5, 0.6) is 0 Å². The zero-order valence-corrected chi connectivity index (χ0v) is 11.1. The molecular weight excluding hydrogens is 224 g/mol. The summed E-state index contributed by atoms with van der Waals surface area (Å²) in [5.74, 6) is 0.363. The fourth-order valence-corrected chi connectivity index (χ4v) is 3.98. The number of hydrogen-bond acceptors (Lipinski definition) is 2. The van der Waals surface area contributed by atoms with Crippen LogP contribution in [0, 0.1) is 0 Å². The van der Waals surface area contributed by atoms with Gasteiger partial charge in [-0.1, -0.05) is 11.6 Å². The summed E-state index contributed by atoms with van der Waals surface area (Å²) in [6.45, 7) is 0. The molecular formula is C15H24N2O. The highest BCUT2D eigenvalue weighted by Crippen LogP contribution is 2.36. The standard InChI is InChI=1S/C15H24N2O/c16-12-9-13-6-7-14(10-12)17(13)15(18)8-11-4-2-1-3-5-11/h4,12-14H,1-3,5-10,16H2. The van der Waals surface area contributed by atoms with E-state index in [1.165, 1.54) is 37.7 Å². The molecule has 3 rings (SSSR count). The normalized spacial score (nSPS) is 35.5. The molecule has 2 N–H and O–H groups in total. The second-order valence-electron chi connectivity index (χ2n) is 6.20. The van der Waals surface area contributed by atoms with E-state index in [4.69, 9.17) is 5.73 Å². The van der Waals surface area contributed by atoms with Gasteiger partial charge in [0, 0.05) is 24.5 Å². The van der Waals surface area contributed by atoms with Crippen LogP contribution < -0.4 is 5.73 Å². The summed E-state index contributed by atoms with van der Waals surface area (Å²) in [6, 6.07) is 1.20. The third-order valence-electron chi connectivity index (χ3n) is 4.82. The molecule has 1 amide bonds. The van der Waals surface area contributed by atoms with Gasteiger partial charge in [-0.15, -0.1) is 0 Å². The van der Waals surface area contributed by atoms with Crippen molar-refractivity contribution in [1.82, 2.24) is 4.90 Å². The SMILES string of the molecule is NC1CC2CCC(C1)N2C(=O)CC1=CCCCC1. The van der Waals surface area contributed by atoms with Gasteiger partial charge in [-0.2, -0.15) is 0 Å². The molecule has 2 bridgehead atoms. The van der Waals surface area contributed by atoms with Gasteiger partial charge >= 0.3 is 0 Å². The Morgan fingerprint density at radius 1 is 1.28 bits per heavy atom. The number of amides is 1. The van der Waals surface area contributed by atoms with Crippen LogP contribution in [-0.2, 0) is 4.79 Å². The first-order chi connectivity index (χ1) is 8.74. The smallest absolute Gasteiger partial charge is 0.227 e. The minimum absolute atomic E-state index is 0.320.